The number of nitrogens with one attached hydrogen (secondary N) is 1. The molecule has 0 bridgehead atoms. The van der Waals surface area contributed by atoms with Crippen LogP contribution in [-0.2, 0) is 24.3 Å². The molecule has 1 saturated carbocycles. The van der Waals surface area contributed by atoms with Crippen LogP contribution in [0, 0.1) is 5.92 Å². The highest BCUT2D eigenvalue weighted by molar-refractivity contribution is 5.78. The van der Waals surface area contributed by atoms with Gasteiger partial charge in [0.25, 0.3) is 0 Å². The smallest absolute Gasteiger partial charge is 0.223 e. The summed E-state index contributed by atoms with van der Waals surface area (Å²) in [6.45, 7) is 1.53. The quantitative estimate of drug-likeness (QED) is 0.880. The van der Waals surface area contributed by atoms with Crippen molar-refractivity contribution in [1.29, 1.82) is 0 Å². The Kier molecular flexibility index (Phi) is 3.30. The fourth-order valence-corrected chi connectivity index (χ4v) is 3.02. The summed E-state index contributed by atoms with van der Waals surface area (Å²) >= 11 is 0. The van der Waals surface area contributed by atoms with Gasteiger partial charge in [-0.1, -0.05) is 19.3 Å². The van der Waals surface area contributed by atoms with Crippen LogP contribution in [0.15, 0.2) is 0 Å². The van der Waals surface area contributed by atoms with Crippen molar-refractivity contribution < 1.29 is 4.79 Å². The summed E-state index contributed by atoms with van der Waals surface area (Å²) in [5.41, 5.74) is 0. The normalized spacial score (nSPS) is 19.8. The predicted octanol–water partition coefficient (Wildman–Crippen LogP) is 1.42. The van der Waals surface area contributed by atoms with Crippen LogP contribution >= 0.6 is 0 Å². The number of aromatic nitrogens is 3. The molecule has 1 amide bonds. The highest BCUT2D eigenvalue weighted by Crippen LogP contribution is 2.23. The van der Waals surface area contributed by atoms with Crippen LogP contribution in [0.2, 0.25) is 0 Å². The highest BCUT2D eigenvalue weighted by atomic mass is 16.1. The number of carbonyl (C=O) groups is 1. The molecule has 0 radical (unpaired) electrons. The zero-order chi connectivity index (χ0) is 12.4. The van der Waals surface area contributed by atoms with E-state index in [1.165, 1.54) is 19.3 Å². The Labute approximate surface area is 107 Å². The Morgan fingerprint density at radius 3 is 2.89 bits per heavy atom. The van der Waals surface area contributed by atoms with Crippen molar-refractivity contribution in [3.63, 3.8) is 0 Å². The van der Waals surface area contributed by atoms with Crippen LogP contribution in [0.25, 0.3) is 0 Å². The molecule has 1 aliphatic carbocycles. The van der Waals surface area contributed by atoms with E-state index < -0.39 is 0 Å². The third-order valence-corrected chi connectivity index (χ3v) is 4.08. The van der Waals surface area contributed by atoms with E-state index in [0.29, 0.717) is 6.54 Å². The SMILES string of the molecule is O=C(NCc1nnc2n1CCC2)C1CCCCC1. The molecular formula is C13H20N4O. The van der Waals surface area contributed by atoms with Crippen molar-refractivity contribution in [3.8, 4) is 0 Å². The number of amides is 1. The lowest BCUT2D eigenvalue weighted by molar-refractivity contribution is -0.126. The first kappa shape index (κ1) is 11.7. The second kappa shape index (κ2) is 5.08. The minimum Gasteiger partial charge on any atom is -0.349 e. The van der Waals surface area contributed by atoms with E-state index in [2.05, 4.69) is 20.1 Å². The molecule has 2 heterocycles. The third-order valence-electron chi connectivity index (χ3n) is 4.08. The molecule has 1 N–H and O–H groups in total. The summed E-state index contributed by atoms with van der Waals surface area (Å²) in [5.74, 6) is 2.40. The van der Waals surface area contributed by atoms with E-state index in [1.54, 1.807) is 0 Å². The lowest BCUT2D eigenvalue weighted by Crippen LogP contribution is -2.32. The second-order valence-electron chi connectivity index (χ2n) is 5.34. The van der Waals surface area contributed by atoms with E-state index in [1.807, 2.05) is 0 Å². The second-order valence-corrected chi connectivity index (χ2v) is 5.34. The van der Waals surface area contributed by atoms with Crippen molar-refractivity contribution in [1.82, 2.24) is 20.1 Å². The van der Waals surface area contributed by atoms with Gasteiger partial charge < -0.3 is 9.88 Å². The molecule has 5 heteroatoms. The molecule has 0 spiro atoms. The van der Waals surface area contributed by atoms with Gasteiger partial charge in [0.2, 0.25) is 5.91 Å². The summed E-state index contributed by atoms with van der Waals surface area (Å²) in [6.07, 6.45) is 7.92. The molecule has 0 atom stereocenters. The molecule has 0 unspecified atom stereocenters. The average molecular weight is 248 g/mol. The first-order valence-electron chi connectivity index (χ1n) is 7.03. The molecule has 1 aromatic heterocycles. The Balaban J connectivity index is 1.55. The number of rotatable bonds is 3. The lowest BCUT2D eigenvalue weighted by Gasteiger charge is -2.20. The van der Waals surface area contributed by atoms with Gasteiger partial charge >= 0.3 is 0 Å². The van der Waals surface area contributed by atoms with Crippen LogP contribution in [0.3, 0.4) is 0 Å². The summed E-state index contributed by atoms with van der Waals surface area (Å²) in [5, 5.41) is 11.3. The fraction of sp³-hybridized carbons (Fsp3) is 0.769. The molecule has 1 aromatic rings. The zero-order valence-corrected chi connectivity index (χ0v) is 10.7. The standard InChI is InChI=1S/C13H20N4O/c18-13(10-5-2-1-3-6-10)14-9-12-16-15-11-7-4-8-17(11)12/h10H,1-9H2,(H,14,18). The molecular weight excluding hydrogens is 228 g/mol. The van der Waals surface area contributed by atoms with Crippen LogP contribution in [-0.4, -0.2) is 20.7 Å². The lowest BCUT2D eigenvalue weighted by atomic mass is 9.89. The number of hydrogen-bond acceptors (Lipinski definition) is 3. The van der Waals surface area contributed by atoms with Gasteiger partial charge in [-0.3, -0.25) is 4.79 Å². The minimum absolute atomic E-state index is 0.199. The highest BCUT2D eigenvalue weighted by Gasteiger charge is 2.22. The number of nitrogens with zero attached hydrogens (tertiary/aromatic N) is 3. The first-order valence-corrected chi connectivity index (χ1v) is 7.03. The van der Waals surface area contributed by atoms with E-state index >= 15 is 0 Å². The molecule has 0 saturated heterocycles. The molecule has 5 nitrogen and oxygen atoms in total. The van der Waals surface area contributed by atoms with Crippen LogP contribution in [0.5, 0.6) is 0 Å². The van der Waals surface area contributed by atoms with Crippen molar-refractivity contribution >= 4 is 5.91 Å². The Bertz CT molecular complexity index is 434. The largest absolute Gasteiger partial charge is 0.349 e. The number of aryl methyl sites for hydroxylation is 1. The van der Waals surface area contributed by atoms with Gasteiger partial charge in [0.05, 0.1) is 6.54 Å². The molecule has 3 rings (SSSR count). The van der Waals surface area contributed by atoms with Gasteiger partial charge in [-0.15, -0.1) is 10.2 Å². The van der Waals surface area contributed by atoms with Crippen molar-refractivity contribution in [2.24, 2.45) is 5.92 Å². The maximum atomic E-state index is 12.0. The first-order chi connectivity index (χ1) is 8.84. The van der Waals surface area contributed by atoms with E-state index in [-0.39, 0.29) is 11.8 Å². The van der Waals surface area contributed by atoms with E-state index in [9.17, 15) is 4.79 Å². The molecule has 1 aliphatic heterocycles. The molecule has 2 aliphatic rings. The maximum Gasteiger partial charge on any atom is 0.223 e. The van der Waals surface area contributed by atoms with Gasteiger partial charge in [-0.25, -0.2) is 0 Å². The Hall–Kier alpha value is -1.39. The van der Waals surface area contributed by atoms with E-state index in [0.717, 1.165) is 43.9 Å². The van der Waals surface area contributed by atoms with Crippen LogP contribution < -0.4 is 5.32 Å². The number of carbonyl (C=O) groups excluding carboxylic acids is 1. The van der Waals surface area contributed by atoms with Gasteiger partial charge in [-0.05, 0) is 19.3 Å². The molecule has 98 valence electrons. The summed E-state index contributed by atoms with van der Waals surface area (Å²) in [4.78, 5) is 12.0. The van der Waals surface area contributed by atoms with Crippen molar-refractivity contribution in [3.05, 3.63) is 11.6 Å². The molecule has 18 heavy (non-hydrogen) atoms. The summed E-state index contributed by atoms with van der Waals surface area (Å²) in [6, 6.07) is 0. The average Bonchev–Trinajstić information content (AvgIpc) is 3.00. The Morgan fingerprint density at radius 2 is 2.06 bits per heavy atom. The van der Waals surface area contributed by atoms with Crippen LogP contribution in [0.1, 0.15) is 50.2 Å². The summed E-state index contributed by atoms with van der Waals surface area (Å²) in [7, 11) is 0. The van der Waals surface area contributed by atoms with Crippen molar-refractivity contribution in [2.45, 2.75) is 58.0 Å². The fourth-order valence-electron chi connectivity index (χ4n) is 3.02. The zero-order valence-electron chi connectivity index (χ0n) is 10.7. The monoisotopic (exact) mass is 248 g/mol. The van der Waals surface area contributed by atoms with Crippen molar-refractivity contribution in [2.75, 3.05) is 0 Å². The van der Waals surface area contributed by atoms with Gasteiger partial charge in [0.15, 0.2) is 5.82 Å². The summed E-state index contributed by atoms with van der Waals surface area (Å²) < 4.78 is 2.14. The van der Waals surface area contributed by atoms with Gasteiger partial charge in [-0.2, -0.15) is 0 Å². The van der Waals surface area contributed by atoms with E-state index in [4.69, 9.17) is 0 Å². The Morgan fingerprint density at radius 1 is 1.22 bits per heavy atom. The van der Waals surface area contributed by atoms with Gasteiger partial charge in [0, 0.05) is 18.9 Å². The predicted molar refractivity (Wildman–Crippen MR) is 66.8 cm³/mol. The number of hydrogen-bond donors (Lipinski definition) is 1. The molecule has 1 fully saturated rings. The van der Waals surface area contributed by atoms with Crippen LogP contribution in [0.4, 0.5) is 0 Å². The minimum atomic E-state index is 0.199. The topological polar surface area (TPSA) is 59.8 Å². The van der Waals surface area contributed by atoms with Gasteiger partial charge in [0.1, 0.15) is 5.82 Å². The third kappa shape index (κ3) is 2.26. The molecule has 0 aromatic carbocycles. The number of fused-ring (bicyclic) bond motifs is 1. The maximum absolute atomic E-state index is 12.0.